The normalized spacial score (nSPS) is 11.1. The van der Waals surface area contributed by atoms with E-state index in [9.17, 15) is 4.79 Å². The van der Waals surface area contributed by atoms with Gasteiger partial charge in [-0.15, -0.1) is 5.10 Å². The average molecular weight is 413 g/mol. The van der Waals surface area contributed by atoms with Crippen molar-refractivity contribution in [3.8, 4) is 5.75 Å². The van der Waals surface area contributed by atoms with Crippen LogP contribution in [0.4, 0.5) is 0 Å². The van der Waals surface area contributed by atoms with E-state index in [2.05, 4.69) is 20.2 Å². The van der Waals surface area contributed by atoms with Gasteiger partial charge in [0.1, 0.15) is 12.4 Å². The van der Waals surface area contributed by atoms with E-state index in [0.717, 1.165) is 16.5 Å². The van der Waals surface area contributed by atoms with E-state index in [1.54, 1.807) is 18.3 Å². The number of Topliss-reactive ketones (excluding diaryl/α,β-unsaturated/α-hetero) is 1. The van der Waals surface area contributed by atoms with Gasteiger partial charge in [0.15, 0.2) is 11.6 Å². The first-order valence-corrected chi connectivity index (χ1v) is 9.99. The maximum Gasteiger partial charge on any atom is 0.208 e. The Kier molecular flexibility index (Phi) is 5.36. The Bertz CT molecular complexity index is 1140. The summed E-state index contributed by atoms with van der Waals surface area (Å²) in [6.07, 6.45) is 1.75. The Morgan fingerprint density at radius 1 is 1.25 bits per heavy atom. The number of para-hydroxylation sites is 1. The highest BCUT2D eigenvalue weighted by Crippen LogP contribution is 2.23. The smallest absolute Gasteiger partial charge is 0.208 e. The van der Waals surface area contributed by atoms with Crippen LogP contribution in [0, 0.1) is 6.92 Å². The van der Waals surface area contributed by atoms with Crippen molar-refractivity contribution < 1.29 is 9.53 Å². The molecule has 28 heavy (non-hydrogen) atoms. The Morgan fingerprint density at radius 3 is 2.96 bits per heavy atom. The van der Waals surface area contributed by atoms with Gasteiger partial charge in [-0.05, 0) is 36.8 Å². The lowest BCUT2D eigenvalue weighted by Crippen LogP contribution is -2.01. The topological polar surface area (TPSA) is 83.7 Å². The van der Waals surface area contributed by atoms with Crippen LogP contribution < -0.4 is 4.74 Å². The van der Waals surface area contributed by atoms with E-state index in [1.165, 1.54) is 11.8 Å². The molecule has 4 aromatic rings. The summed E-state index contributed by atoms with van der Waals surface area (Å²) in [5.41, 5.74) is 2.58. The number of H-pyrrole nitrogens is 2. The Labute approximate surface area is 170 Å². The Hall–Kier alpha value is -2.77. The van der Waals surface area contributed by atoms with Gasteiger partial charge in [0.2, 0.25) is 5.16 Å². The van der Waals surface area contributed by atoms with Gasteiger partial charge >= 0.3 is 0 Å². The van der Waals surface area contributed by atoms with Crippen LogP contribution in [0.3, 0.4) is 0 Å². The third kappa shape index (κ3) is 4.05. The largest absolute Gasteiger partial charge is 0.486 e. The second kappa shape index (κ2) is 8.08. The van der Waals surface area contributed by atoms with Gasteiger partial charge in [-0.2, -0.15) is 0 Å². The van der Waals surface area contributed by atoms with E-state index in [1.807, 2.05) is 37.3 Å². The zero-order valence-electron chi connectivity index (χ0n) is 15.0. The van der Waals surface area contributed by atoms with Crippen LogP contribution in [0.15, 0.2) is 53.8 Å². The summed E-state index contributed by atoms with van der Waals surface area (Å²) in [5.74, 6) is 1.59. The molecule has 6 nitrogen and oxygen atoms in total. The zero-order valence-corrected chi connectivity index (χ0v) is 16.6. The van der Waals surface area contributed by atoms with Crippen molar-refractivity contribution in [2.75, 3.05) is 5.75 Å². The summed E-state index contributed by atoms with van der Waals surface area (Å²) in [4.78, 5) is 20.0. The summed E-state index contributed by atoms with van der Waals surface area (Å²) >= 11 is 7.31. The van der Waals surface area contributed by atoms with Gasteiger partial charge < -0.3 is 9.72 Å². The molecule has 2 aromatic carbocycles. The summed E-state index contributed by atoms with van der Waals surface area (Å²) in [6.45, 7) is 2.17. The number of nitrogens with one attached hydrogen (secondary N) is 2. The molecule has 8 heteroatoms. The molecule has 0 amide bonds. The molecule has 2 heterocycles. The van der Waals surface area contributed by atoms with Crippen LogP contribution >= 0.6 is 23.4 Å². The number of hydrogen-bond acceptors (Lipinski definition) is 5. The quantitative estimate of drug-likeness (QED) is 0.336. The van der Waals surface area contributed by atoms with Crippen LogP contribution in [0.5, 0.6) is 5.75 Å². The van der Waals surface area contributed by atoms with Crippen molar-refractivity contribution in [2.45, 2.75) is 18.7 Å². The van der Waals surface area contributed by atoms with Crippen LogP contribution in [-0.2, 0) is 6.61 Å². The maximum absolute atomic E-state index is 12.5. The van der Waals surface area contributed by atoms with Crippen LogP contribution in [0.1, 0.15) is 21.7 Å². The molecule has 0 radical (unpaired) electrons. The minimum Gasteiger partial charge on any atom is -0.486 e. The molecule has 0 saturated heterocycles. The molecule has 2 aromatic heterocycles. The molecule has 0 atom stereocenters. The van der Waals surface area contributed by atoms with E-state index in [4.69, 9.17) is 16.3 Å². The molecular formula is C20H17ClN4O2S. The molecule has 0 aliphatic heterocycles. The van der Waals surface area contributed by atoms with Gasteiger partial charge in [0.05, 0.1) is 5.75 Å². The first-order valence-electron chi connectivity index (χ1n) is 8.62. The number of thioether (sulfide) groups is 1. The number of hydrogen-bond donors (Lipinski definition) is 2. The zero-order chi connectivity index (χ0) is 19.5. The minimum atomic E-state index is 0.0293. The fraction of sp³-hybridized carbons (Fsp3) is 0.150. The van der Waals surface area contributed by atoms with Crippen molar-refractivity contribution in [2.24, 2.45) is 0 Å². The van der Waals surface area contributed by atoms with E-state index in [0.29, 0.717) is 27.3 Å². The number of fused-ring (bicyclic) bond motifs is 1. The number of aromatic nitrogens is 4. The number of halogens is 1. The number of nitrogens with zero attached hydrogens (tertiary/aromatic N) is 2. The lowest BCUT2D eigenvalue weighted by Gasteiger charge is -2.05. The standard InChI is InChI=1S/C20H17ClN4O2S/c1-12-8-13(6-7-16(12)21)27-10-19-23-20(25-24-19)28-11-18(26)15-9-22-17-5-3-2-4-14(15)17/h2-9,22H,10-11H2,1H3,(H,23,24,25). The maximum atomic E-state index is 12.5. The minimum absolute atomic E-state index is 0.0293. The number of carbonyl (C=O) groups is 1. The summed E-state index contributed by atoms with van der Waals surface area (Å²) < 4.78 is 5.70. The average Bonchev–Trinajstić information content (AvgIpc) is 3.34. The lowest BCUT2D eigenvalue weighted by atomic mass is 10.1. The van der Waals surface area contributed by atoms with Crippen LogP contribution in [-0.4, -0.2) is 31.7 Å². The molecule has 2 N–H and O–H groups in total. The number of aryl methyl sites for hydroxylation is 1. The highest BCUT2D eigenvalue weighted by molar-refractivity contribution is 7.99. The molecule has 0 aliphatic rings. The summed E-state index contributed by atoms with van der Waals surface area (Å²) in [6, 6.07) is 13.2. The molecule has 0 unspecified atom stereocenters. The van der Waals surface area contributed by atoms with Gasteiger partial charge in [0.25, 0.3) is 0 Å². The molecule has 4 rings (SSSR count). The molecule has 0 saturated carbocycles. The number of benzene rings is 2. The third-order valence-corrected chi connectivity index (χ3v) is 5.51. The van der Waals surface area contributed by atoms with Crippen LogP contribution in [0.2, 0.25) is 5.02 Å². The van der Waals surface area contributed by atoms with E-state index in [-0.39, 0.29) is 18.1 Å². The first kappa shape index (κ1) is 18.6. The highest BCUT2D eigenvalue weighted by Gasteiger charge is 2.14. The molecule has 0 aliphatic carbocycles. The molecule has 0 bridgehead atoms. The van der Waals surface area contributed by atoms with Gasteiger partial charge in [0, 0.05) is 27.7 Å². The first-order chi connectivity index (χ1) is 13.6. The highest BCUT2D eigenvalue weighted by atomic mass is 35.5. The van der Waals surface area contributed by atoms with Crippen molar-refractivity contribution in [3.05, 3.63) is 70.6 Å². The lowest BCUT2D eigenvalue weighted by molar-refractivity contribution is 0.102. The molecular weight excluding hydrogens is 396 g/mol. The van der Waals surface area contributed by atoms with Gasteiger partial charge in [-0.25, -0.2) is 4.98 Å². The predicted molar refractivity (Wildman–Crippen MR) is 110 cm³/mol. The fourth-order valence-corrected chi connectivity index (χ4v) is 3.59. The molecule has 0 fully saturated rings. The van der Waals surface area contributed by atoms with E-state index < -0.39 is 0 Å². The van der Waals surface area contributed by atoms with Gasteiger partial charge in [-0.3, -0.25) is 9.89 Å². The van der Waals surface area contributed by atoms with Crippen molar-refractivity contribution in [1.29, 1.82) is 0 Å². The number of ketones is 1. The number of ether oxygens (including phenoxy) is 1. The molecule has 142 valence electrons. The van der Waals surface area contributed by atoms with E-state index >= 15 is 0 Å². The van der Waals surface area contributed by atoms with Gasteiger partial charge in [-0.1, -0.05) is 41.6 Å². The number of aromatic amines is 2. The van der Waals surface area contributed by atoms with Crippen molar-refractivity contribution in [3.63, 3.8) is 0 Å². The second-order valence-electron chi connectivity index (χ2n) is 6.22. The Morgan fingerprint density at radius 2 is 2.11 bits per heavy atom. The fourth-order valence-electron chi connectivity index (χ4n) is 2.78. The number of rotatable bonds is 7. The third-order valence-electron chi connectivity index (χ3n) is 4.24. The van der Waals surface area contributed by atoms with Crippen LogP contribution in [0.25, 0.3) is 10.9 Å². The summed E-state index contributed by atoms with van der Waals surface area (Å²) in [7, 11) is 0. The monoisotopic (exact) mass is 412 g/mol. The number of carbonyl (C=O) groups excluding carboxylic acids is 1. The SMILES string of the molecule is Cc1cc(OCc2nc(SCC(=O)c3c[nH]c4ccccc34)n[nH]2)ccc1Cl. The second-order valence-corrected chi connectivity index (χ2v) is 7.57. The predicted octanol–water partition coefficient (Wildman–Crippen LogP) is 4.80. The van der Waals surface area contributed by atoms with Crippen molar-refractivity contribution >= 4 is 40.0 Å². The molecule has 0 spiro atoms. The summed E-state index contributed by atoms with van der Waals surface area (Å²) in [5, 5.41) is 9.12. The van der Waals surface area contributed by atoms with Crippen molar-refractivity contribution in [1.82, 2.24) is 20.2 Å². The Balaban J connectivity index is 1.34.